The van der Waals surface area contributed by atoms with Crippen LogP contribution in [-0.2, 0) is 9.59 Å². The number of carbonyl (C=O) groups is 2. The molecule has 0 unspecified atom stereocenters. The van der Waals surface area contributed by atoms with Gasteiger partial charge in [-0.15, -0.1) is 0 Å². The lowest BCUT2D eigenvalue weighted by molar-refractivity contribution is -0.128. The lowest BCUT2D eigenvalue weighted by Gasteiger charge is -2.40. The maximum absolute atomic E-state index is 14.0. The number of piperazine rings is 1. The van der Waals surface area contributed by atoms with Crippen molar-refractivity contribution < 1.29 is 19.1 Å². The van der Waals surface area contributed by atoms with E-state index < -0.39 is 6.04 Å². The van der Waals surface area contributed by atoms with E-state index in [1.807, 2.05) is 43.3 Å². The largest absolute Gasteiger partial charge is 0.497 e. The molecule has 0 aliphatic carbocycles. The van der Waals surface area contributed by atoms with Gasteiger partial charge in [-0.25, -0.2) is 0 Å². The average molecular weight is 480 g/mol. The van der Waals surface area contributed by atoms with Gasteiger partial charge < -0.3 is 14.4 Å². The number of amides is 2. The first kappa shape index (κ1) is 23.4. The lowest BCUT2D eigenvalue weighted by atomic mass is 9.98. The summed E-state index contributed by atoms with van der Waals surface area (Å²) >= 11 is 6.07. The average Bonchev–Trinajstić information content (AvgIpc) is 2.85. The van der Waals surface area contributed by atoms with Crippen LogP contribution in [-0.4, -0.2) is 46.7 Å². The van der Waals surface area contributed by atoms with Crippen LogP contribution in [0.5, 0.6) is 11.5 Å². The molecule has 0 spiro atoms. The van der Waals surface area contributed by atoms with E-state index in [-0.39, 0.29) is 18.4 Å². The molecule has 3 aromatic carbocycles. The van der Waals surface area contributed by atoms with Crippen LogP contribution < -0.4 is 24.2 Å². The molecule has 4 rings (SSSR count). The van der Waals surface area contributed by atoms with Crippen LogP contribution in [0.4, 0.5) is 17.1 Å². The van der Waals surface area contributed by atoms with Crippen LogP contribution in [0.1, 0.15) is 11.6 Å². The van der Waals surface area contributed by atoms with E-state index >= 15 is 0 Å². The summed E-state index contributed by atoms with van der Waals surface area (Å²) < 4.78 is 10.8. The van der Waals surface area contributed by atoms with Gasteiger partial charge in [0.1, 0.15) is 24.1 Å². The van der Waals surface area contributed by atoms with E-state index in [9.17, 15) is 9.59 Å². The Bertz CT molecular complexity index is 1200. The Labute approximate surface area is 204 Å². The quantitative estimate of drug-likeness (QED) is 0.519. The monoisotopic (exact) mass is 479 g/mol. The van der Waals surface area contributed by atoms with Crippen molar-refractivity contribution in [2.75, 3.05) is 49.6 Å². The molecular weight excluding hydrogens is 454 g/mol. The van der Waals surface area contributed by atoms with E-state index in [1.54, 1.807) is 49.6 Å². The van der Waals surface area contributed by atoms with Crippen LogP contribution in [0.25, 0.3) is 0 Å². The summed E-state index contributed by atoms with van der Waals surface area (Å²) in [5.74, 6) is 0.554. The molecule has 1 fully saturated rings. The molecule has 7 nitrogen and oxygen atoms in total. The summed E-state index contributed by atoms with van der Waals surface area (Å²) in [5.41, 5.74) is 2.76. The van der Waals surface area contributed by atoms with Crippen LogP contribution in [0, 0.1) is 0 Å². The van der Waals surface area contributed by atoms with Crippen molar-refractivity contribution in [3.05, 3.63) is 77.3 Å². The Hall–Kier alpha value is -3.71. The van der Waals surface area contributed by atoms with Crippen molar-refractivity contribution >= 4 is 40.5 Å². The SMILES string of the molecule is COc1ccc(OC)c(N2CC(=O)N(c3ccc(Cl)cc3)[C@@H](c3ccc(N(C)C)cc3)C2=O)c1. The molecule has 1 atom stereocenters. The standard InChI is InChI=1S/C26H26ClN3O4/c1-28(2)19-9-5-17(6-10-19)25-26(32)29(22-15-21(33-3)13-14-23(22)34-4)16-24(31)30(25)20-11-7-18(27)8-12-20/h5-15,25H,16H2,1-4H3/t25-/m0/s1. The van der Waals surface area contributed by atoms with E-state index in [2.05, 4.69) is 0 Å². The van der Waals surface area contributed by atoms with Crippen molar-refractivity contribution in [1.82, 2.24) is 0 Å². The first-order valence-electron chi connectivity index (χ1n) is 10.7. The number of carbonyl (C=O) groups excluding carboxylic acids is 2. The molecule has 2 amide bonds. The molecule has 3 aromatic rings. The molecule has 1 saturated heterocycles. The molecule has 0 bridgehead atoms. The summed E-state index contributed by atoms with van der Waals surface area (Å²) in [6.45, 7) is -0.142. The molecule has 34 heavy (non-hydrogen) atoms. The Morgan fingerprint density at radius 3 is 2.18 bits per heavy atom. The maximum Gasteiger partial charge on any atom is 0.255 e. The second-order valence-electron chi connectivity index (χ2n) is 8.09. The highest BCUT2D eigenvalue weighted by molar-refractivity contribution is 6.30. The minimum Gasteiger partial charge on any atom is -0.497 e. The molecule has 8 heteroatoms. The van der Waals surface area contributed by atoms with Crippen molar-refractivity contribution in [1.29, 1.82) is 0 Å². The molecular formula is C26H26ClN3O4. The highest BCUT2D eigenvalue weighted by atomic mass is 35.5. The van der Waals surface area contributed by atoms with Crippen molar-refractivity contribution in [2.24, 2.45) is 0 Å². The molecule has 1 aliphatic heterocycles. The predicted molar refractivity (Wildman–Crippen MR) is 134 cm³/mol. The fourth-order valence-corrected chi connectivity index (χ4v) is 4.17. The first-order valence-corrected chi connectivity index (χ1v) is 11.1. The number of rotatable bonds is 6. The molecule has 0 saturated carbocycles. The zero-order chi connectivity index (χ0) is 24.4. The van der Waals surface area contributed by atoms with Crippen LogP contribution in [0.3, 0.4) is 0 Å². The number of benzene rings is 3. The highest BCUT2D eigenvalue weighted by Gasteiger charge is 2.42. The Balaban J connectivity index is 1.83. The Morgan fingerprint density at radius 1 is 0.912 bits per heavy atom. The zero-order valence-corrected chi connectivity index (χ0v) is 20.2. The van der Waals surface area contributed by atoms with Gasteiger partial charge in [0.15, 0.2) is 0 Å². The summed E-state index contributed by atoms with van der Waals surface area (Å²) in [6, 6.07) is 18.8. The maximum atomic E-state index is 14.0. The molecule has 0 radical (unpaired) electrons. The predicted octanol–water partition coefficient (Wildman–Crippen LogP) is 4.54. The third kappa shape index (κ3) is 4.39. The fourth-order valence-electron chi connectivity index (χ4n) is 4.04. The minimum atomic E-state index is -0.866. The summed E-state index contributed by atoms with van der Waals surface area (Å²) in [5, 5.41) is 0.550. The van der Waals surface area contributed by atoms with Crippen molar-refractivity contribution in [2.45, 2.75) is 6.04 Å². The smallest absolute Gasteiger partial charge is 0.255 e. The third-order valence-corrected chi connectivity index (χ3v) is 6.08. The number of anilines is 3. The number of hydrogen-bond acceptors (Lipinski definition) is 5. The van der Waals surface area contributed by atoms with Crippen molar-refractivity contribution in [3.8, 4) is 11.5 Å². The van der Waals surface area contributed by atoms with Gasteiger partial charge in [-0.05, 0) is 54.1 Å². The van der Waals surface area contributed by atoms with Crippen LogP contribution in [0.15, 0.2) is 66.7 Å². The second-order valence-corrected chi connectivity index (χ2v) is 8.53. The summed E-state index contributed by atoms with van der Waals surface area (Å²) in [4.78, 5) is 32.5. The number of nitrogens with zero attached hydrogens (tertiary/aromatic N) is 3. The van der Waals surface area contributed by atoms with Crippen LogP contribution >= 0.6 is 11.6 Å². The first-order chi connectivity index (χ1) is 16.3. The molecule has 1 heterocycles. The van der Waals surface area contributed by atoms with Crippen LogP contribution in [0.2, 0.25) is 5.02 Å². The van der Waals surface area contributed by atoms with Gasteiger partial charge in [0, 0.05) is 36.6 Å². The van der Waals surface area contributed by atoms with Gasteiger partial charge in [-0.3, -0.25) is 19.4 Å². The van der Waals surface area contributed by atoms with Crippen molar-refractivity contribution in [3.63, 3.8) is 0 Å². The molecule has 1 aliphatic rings. The number of halogens is 1. The Kier molecular flexibility index (Phi) is 6.65. The van der Waals surface area contributed by atoms with Gasteiger partial charge in [0.2, 0.25) is 5.91 Å². The molecule has 0 aromatic heterocycles. The normalized spacial score (nSPS) is 16.0. The minimum absolute atomic E-state index is 0.142. The topological polar surface area (TPSA) is 62.3 Å². The van der Waals surface area contributed by atoms with Gasteiger partial charge in [-0.1, -0.05) is 23.7 Å². The van der Waals surface area contributed by atoms with Gasteiger partial charge in [0.25, 0.3) is 5.91 Å². The summed E-state index contributed by atoms with van der Waals surface area (Å²) in [6.07, 6.45) is 0. The second kappa shape index (κ2) is 9.65. The number of hydrogen-bond donors (Lipinski definition) is 0. The third-order valence-electron chi connectivity index (χ3n) is 5.83. The number of methoxy groups -OCH3 is 2. The lowest BCUT2D eigenvalue weighted by Crippen LogP contribution is -2.56. The van der Waals surface area contributed by atoms with E-state index in [1.165, 1.54) is 16.9 Å². The number of ether oxygens (including phenoxy) is 2. The fraction of sp³-hybridized carbons (Fsp3) is 0.231. The molecule has 0 N–H and O–H groups in total. The Morgan fingerprint density at radius 2 is 1.59 bits per heavy atom. The highest BCUT2D eigenvalue weighted by Crippen LogP contribution is 2.39. The van der Waals surface area contributed by atoms with E-state index in [0.29, 0.717) is 33.5 Å². The van der Waals surface area contributed by atoms with E-state index in [4.69, 9.17) is 21.1 Å². The zero-order valence-electron chi connectivity index (χ0n) is 19.5. The molecule has 176 valence electrons. The van der Waals surface area contributed by atoms with Gasteiger partial charge in [0.05, 0.1) is 19.9 Å². The van der Waals surface area contributed by atoms with E-state index in [0.717, 1.165) is 5.69 Å². The van der Waals surface area contributed by atoms with Gasteiger partial charge >= 0.3 is 0 Å². The van der Waals surface area contributed by atoms with Gasteiger partial charge in [-0.2, -0.15) is 0 Å². The summed E-state index contributed by atoms with van der Waals surface area (Å²) in [7, 11) is 6.97.